The molecule has 0 aromatic heterocycles. The van der Waals surface area contributed by atoms with Gasteiger partial charge in [0, 0.05) is 20.2 Å². The molecule has 0 aliphatic carbocycles. The maximum absolute atomic E-state index is 9.43. The van der Waals surface area contributed by atoms with E-state index >= 15 is 0 Å². The van der Waals surface area contributed by atoms with E-state index in [1.165, 1.54) is 11.1 Å². The summed E-state index contributed by atoms with van der Waals surface area (Å²) < 4.78 is 12.0. The number of phenolic OH excluding ortho intramolecular Hbond substituents is 1. The first-order valence-electron chi connectivity index (χ1n) is 9.33. The second-order valence-electron chi connectivity index (χ2n) is 7.29. The van der Waals surface area contributed by atoms with Crippen molar-refractivity contribution in [2.75, 3.05) is 26.8 Å². The number of hydrogen-bond donors (Lipinski definition) is 1. The third kappa shape index (κ3) is 4.99. The lowest BCUT2D eigenvalue weighted by Gasteiger charge is -2.31. The van der Waals surface area contributed by atoms with Gasteiger partial charge < -0.3 is 14.6 Å². The Hall–Kier alpha value is -2.04. The van der Waals surface area contributed by atoms with Gasteiger partial charge in [0.15, 0.2) is 0 Å². The van der Waals surface area contributed by atoms with Crippen LogP contribution in [0.4, 0.5) is 0 Å². The van der Waals surface area contributed by atoms with Crippen molar-refractivity contribution >= 4 is 0 Å². The first kappa shape index (κ1) is 18.7. The monoisotopic (exact) mass is 355 g/mol. The summed E-state index contributed by atoms with van der Waals surface area (Å²) in [6, 6.07) is 15.7. The van der Waals surface area contributed by atoms with Gasteiger partial charge in [0.2, 0.25) is 0 Å². The topological polar surface area (TPSA) is 41.9 Å². The summed E-state index contributed by atoms with van der Waals surface area (Å²) >= 11 is 0. The van der Waals surface area contributed by atoms with E-state index in [0.29, 0.717) is 12.4 Å². The second kappa shape index (κ2) is 8.56. The molecule has 0 spiro atoms. The number of ether oxygens (including phenoxy) is 2. The first-order valence-corrected chi connectivity index (χ1v) is 9.33. The predicted octanol–water partition coefficient (Wildman–Crippen LogP) is 4.15. The molecular weight excluding hydrogens is 326 g/mol. The minimum absolute atomic E-state index is 0.228. The molecule has 140 valence electrons. The summed E-state index contributed by atoms with van der Waals surface area (Å²) in [5.74, 6) is 1.22. The van der Waals surface area contributed by atoms with Gasteiger partial charge >= 0.3 is 0 Å². The Balaban J connectivity index is 1.57. The number of phenols is 1. The third-order valence-electron chi connectivity index (χ3n) is 5.29. The molecule has 2 aromatic rings. The molecule has 2 aromatic carbocycles. The van der Waals surface area contributed by atoms with Crippen LogP contribution < -0.4 is 4.74 Å². The molecule has 0 saturated carbocycles. The van der Waals surface area contributed by atoms with Crippen LogP contribution in [0.25, 0.3) is 0 Å². The molecule has 1 aliphatic rings. The van der Waals surface area contributed by atoms with Crippen molar-refractivity contribution in [3.63, 3.8) is 0 Å². The number of aromatic hydroxyl groups is 1. The fraction of sp³-hybridized carbons (Fsp3) is 0.455. The Morgan fingerprint density at radius 3 is 2.42 bits per heavy atom. The molecule has 0 radical (unpaired) electrons. The van der Waals surface area contributed by atoms with Crippen molar-refractivity contribution in [3.8, 4) is 11.5 Å². The van der Waals surface area contributed by atoms with Crippen LogP contribution in [-0.2, 0) is 11.3 Å². The molecule has 4 heteroatoms. The highest BCUT2D eigenvalue weighted by Crippen LogP contribution is 2.28. The maximum atomic E-state index is 9.43. The SMILES string of the molecule is CO[C@]1(COc2ccc(C)cc2)CCCN(Cc2ccc(O)cc2)CC1. The van der Waals surface area contributed by atoms with E-state index in [1.807, 2.05) is 24.3 Å². The lowest BCUT2D eigenvalue weighted by molar-refractivity contribution is -0.0541. The van der Waals surface area contributed by atoms with Crippen LogP contribution in [-0.4, -0.2) is 42.4 Å². The highest BCUT2D eigenvalue weighted by atomic mass is 16.5. The molecule has 1 fully saturated rings. The average Bonchev–Trinajstić information content (AvgIpc) is 2.86. The summed E-state index contributed by atoms with van der Waals surface area (Å²) in [7, 11) is 1.80. The van der Waals surface area contributed by atoms with Crippen molar-refractivity contribution in [1.29, 1.82) is 0 Å². The molecule has 0 amide bonds. The zero-order valence-electron chi connectivity index (χ0n) is 15.8. The smallest absolute Gasteiger partial charge is 0.119 e. The highest BCUT2D eigenvalue weighted by molar-refractivity contribution is 5.27. The fourth-order valence-corrected chi connectivity index (χ4v) is 3.50. The highest BCUT2D eigenvalue weighted by Gasteiger charge is 2.33. The van der Waals surface area contributed by atoms with Crippen LogP contribution in [0.1, 0.15) is 30.4 Å². The molecule has 1 atom stereocenters. The third-order valence-corrected chi connectivity index (χ3v) is 5.29. The van der Waals surface area contributed by atoms with Gasteiger partial charge in [-0.15, -0.1) is 0 Å². The molecule has 1 heterocycles. The summed E-state index contributed by atoms with van der Waals surface area (Å²) in [6.07, 6.45) is 3.04. The van der Waals surface area contributed by atoms with Crippen LogP contribution in [0.15, 0.2) is 48.5 Å². The second-order valence-corrected chi connectivity index (χ2v) is 7.29. The average molecular weight is 355 g/mol. The Bertz CT molecular complexity index is 684. The number of aryl methyl sites for hydroxylation is 1. The number of nitrogens with zero attached hydrogens (tertiary/aromatic N) is 1. The minimum atomic E-state index is -0.228. The molecule has 0 bridgehead atoms. The number of methoxy groups -OCH3 is 1. The number of hydrogen-bond acceptors (Lipinski definition) is 4. The maximum Gasteiger partial charge on any atom is 0.119 e. The molecule has 26 heavy (non-hydrogen) atoms. The van der Waals surface area contributed by atoms with Gasteiger partial charge in [-0.1, -0.05) is 29.8 Å². The zero-order valence-corrected chi connectivity index (χ0v) is 15.8. The summed E-state index contributed by atoms with van der Waals surface area (Å²) in [4.78, 5) is 2.46. The lowest BCUT2D eigenvalue weighted by atomic mass is 9.95. The summed E-state index contributed by atoms with van der Waals surface area (Å²) in [5, 5.41) is 9.43. The van der Waals surface area contributed by atoms with E-state index in [4.69, 9.17) is 9.47 Å². The van der Waals surface area contributed by atoms with Crippen LogP contribution in [0.3, 0.4) is 0 Å². The van der Waals surface area contributed by atoms with E-state index in [1.54, 1.807) is 19.2 Å². The number of likely N-dealkylation sites (tertiary alicyclic amines) is 1. The van der Waals surface area contributed by atoms with Gasteiger partial charge in [0.05, 0.1) is 0 Å². The molecule has 1 N–H and O–H groups in total. The van der Waals surface area contributed by atoms with Gasteiger partial charge in [0.25, 0.3) is 0 Å². The number of benzene rings is 2. The lowest BCUT2D eigenvalue weighted by Crippen LogP contribution is -2.39. The van der Waals surface area contributed by atoms with Crippen LogP contribution >= 0.6 is 0 Å². The fourth-order valence-electron chi connectivity index (χ4n) is 3.50. The molecule has 1 saturated heterocycles. The summed E-state index contributed by atoms with van der Waals surface area (Å²) in [6.45, 7) is 5.59. The van der Waals surface area contributed by atoms with Crippen molar-refractivity contribution in [3.05, 3.63) is 59.7 Å². The molecular formula is C22H29NO3. The zero-order chi connectivity index (χ0) is 18.4. The van der Waals surface area contributed by atoms with Gasteiger partial charge in [-0.25, -0.2) is 0 Å². The Morgan fingerprint density at radius 1 is 1.00 bits per heavy atom. The molecule has 1 aliphatic heterocycles. The predicted molar refractivity (Wildman–Crippen MR) is 104 cm³/mol. The quantitative estimate of drug-likeness (QED) is 0.845. The van der Waals surface area contributed by atoms with Crippen molar-refractivity contribution in [1.82, 2.24) is 4.90 Å². The largest absolute Gasteiger partial charge is 0.508 e. The van der Waals surface area contributed by atoms with Crippen LogP contribution in [0.2, 0.25) is 0 Å². The molecule has 3 rings (SSSR count). The van der Waals surface area contributed by atoms with Gasteiger partial charge in [-0.3, -0.25) is 4.90 Å². The standard InChI is InChI=1S/C22H29NO3/c1-18-4-10-21(11-5-18)26-17-22(25-2)12-3-14-23(15-13-22)16-19-6-8-20(24)9-7-19/h4-11,24H,3,12-17H2,1-2H3/t22-/m1/s1. The van der Waals surface area contributed by atoms with Crippen molar-refractivity contribution < 1.29 is 14.6 Å². The molecule has 4 nitrogen and oxygen atoms in total. The van der Waals surface area contributed by atoms with E-state index in [2.05, 4.69) is 24.0 Å². The van der Waals surface area contributed by atoms with Gasteiger partial charge in [-0.2, -0.15) is 0 Å². The van der Waals surface area contributed by atoms with E-state index in [9.17, 15) is 5.11 Å². The van der Waals surface area contributed by atoms with Crippen molar-refractivity contribution in [2.45, 2.75) is 38.3 Å². The van der Waals surface area contributed by atoms with Crippen LogP contribution in [0, 0.1) is 6.92 Å². The van der Waals surface area contributed by atoms with E-state index in [0.717, 1.165) is 44.6 Å². The molecule has 0 unspecified atom stereocenters. The number of rotatable bonds is 6. The Labute approximate surface area is 156 Å². The van der Waals surface area contributed by atoms with E-state index < -0.39 is 0 Å². The first-order chi connectivity index (χ1) is 12.6. The minimum Gasteiger partial charge on any atom is -0.508 e. The van der Waals surface area contributed by atoms with Crippen LogP contribution in [0.5, 0.6) is 11.5 Å². The normalized spacial score (nSPS) is 21.3. The van der Waals surface area contributed by atoms with Crippen molar-refractivity contribution in [2.24, 2.45) is 0 Å². The van der Waals surface area contributed by atoms with Gasteiger partial charge in [-0.05, 0) is 62.6 Å². The summed E-state index contributed by atoms with van der Waals surface area (Å²) in [5.41, 5.74) is 2.23. The Morgan fingerprint density at radius 2 is 1.73 bits per heavy atom. The van der Waals surface area contributed by atoms with E-state index in [-0.39, 0.29) is 5.60 Å². The Kier molecular flexibility index (Phi) is 6.17. The van der Waals surface area contributed by atoms with Gasteiger partial charge in [0.1, 0.15) is 23.7 Å².